The molecule has 1 aliphatic carbocycles. The van der Waals surface area contributed by atoms with Crippen molar-refractivity contribution >= 4 is 12.1 Å². The molecule has 3 aliphatic rings. The molecule has 0 radical (unpaired) electrons. The molecule has 4 rings (SSSR count). The van der Waals surface area contributed by atoms with Crippen molar-refractivity contribution in [3.05, 3.63) is 64.9 Å². The van der Waals surface area contributed by atoms with Crippen LogP contribution in [0.2, 0.25) is 0 Å². The lowest BCUT2D eigenvalue weighted by Gasteiger charge is -2.51. The fraction of sp³-hybridized carbons (Fsp3) is 0.500. The van der Waals surface area contributed by atoms with Gasteiger partial charge in [0.2, 0.25) is 0 Å². The van der Waals surface area contributed by atoms with E-state index in [0.29, 0.717) is 44.6 Å². The van der Waals surface area contributed by atoms with Gasteiger partial charge in [-0.2, -0.15) is 0 Å². The number of nitrogens with zero attached hydrogens (tertiary/aromatic N) is 2. The highest BCUT2D eigenvalue weighted by Crippen LogP contribution is 2.30. The number of ether oxygens (including phenoxy) is 3. The zero-order chi connectivity index (χ0) is 24.0. The van der Waals surface area contributed by atoms with Crippen LogP contribution in [0, 0.1) is 5.92 Å². The molecule has 34 heavy (non-hydrogen) atoms. The summed E-state index contributed by atoms with van der Waals surface area (Å²) in [5.74, 6) is 1.47. The van der Waals surface area contributed by atoms with Gasteiger partial charge in [0.25, 0.3) is 5.91 Å². The number of amides is 1. The van der Waals surface area contributed by atoms with Crippen molar-refractivity contribution in [3.63, 3.8) is 0 Å². The molecule has 182 valence electrons. The first-order valence-electron chi connectivity index (χ1n) is 12.2. The molecule has 0 bridgehead atoms. The molecule has 0 atom stereocenters. The number of methoxy groups -OCH3 is 1. The summed E-state index contributed by atoms with van der Waals surface area (Å²) >= 11 is 0. The standard InChI is InChI=1S/C28H36N2O4/c1-21(2)15-24-12-11-22(16-26(24)32-3)9-6-10-25(29-17-23-7-4-5-8-23)27(31)30-13-14-33-18-28(30)19-34-20-28/h4-5,7,10-12,16-17,21H,6,8-9,13-15,18-20H2,1-3H3/b25-10+,29-17?. The van der Waals surface area contributed by atoms with Crippen molar-refractivity contribution in [1.29, 1.82) is 0 Å². The molecule has 2 saturated heterocycles. The van der Waals surface area contributed by atoms with Gasteiger partial charge in [-0.25, -0.2) is 0 Å². The second-order valence-corrected chi connectivity index (χ2v) is 9.73. The smallest absolute Gasteiger partial charge is 0.272 e. The summed E-state index contributed by atoms with van der Waals surface area (Å²) in [5.41, 5.74) is 3.67. The number of carbonyl (C=O) groups is 1. The molecule has 6 heteroatoms. The number of rotatable bonds is 9. The number of hydrogen-bond donors (Lipinski definition) is 0. The van der Waals surface area contributed by atoms with Crippen molar-refractivity contribution in [2.24, 2.45) is 10.9 Å². The van der Waals surface area contributed by atoms with Gasteiger partial charge in [-0.3, -0.25) is 9.79 Å². The lowest BCUT2D eigenvalue weighted by molar-refractivity contribution is -0.200. The Morgan fingerprint density at radius 1 is 1.26 bits per heavy atom. The van der Waals surface area contributed by atoms with Crippen LogP contribution in [-0.2, 0) is 27.1 Å². The van der Waals surface area contributed by atoms with Gasteiger partial charge in [-0.05, 0) is 54.4 Å². The number of benzene rings is 1. The van der Waals surface area contributed by atoms with Crippen molar-refractivity contribution < 1.29 is 19.0 Å². The van der Waals surface area contributed by atoms with E-state index in [2.05, 4.69) is 43.1 Å². The number of allylic oxidation sites excluding steroid dienone is 5. The fourth-order valence-corrected chi connectivity index (χ4v) is 4.60. The summed E-state index contributed by atoms with van der Waals surface area (Å²) < 4.78 is 16.7. The third kappa shape index (κ3) is 5.68. The first kappa shape index (κ1) is 24.4. The predicted molar refractivity (Wildman–Crippen MR) is 134 cm³/mol. The Balaban J connectivity index is 1.49. The largest absolute Gasteiger partial charge is 0.496 e. The Hall–Kier alpha value is -2.70. The molecule has 0 unspecified atom stereocenters. The number of hydrogen-bond acceptors (Lipinski definition) is 5. The number of morpholine rings is 1. The van der Waals surface area contributed by atoms with Crippen molar-refractivity contribution in [2.75, 3.05) is 40.1 Å². The molecular weight excluding hydrogens is 428 g/mol. The third-order valence-corrected chi connectivity index (χ3v) is 6.53. The maximum absolute atomic E-state index is 13.6. The molecule has 0 N–H and O–H groups in total. The van der Waals surface area contributed by atoms with Crippen LogP contribution in [0.4, 0.5) is 0 Å². The van der Waals surface area contributed by atoms with Crippen LogP contribution in [0.25, 0.3) is 0 Å². The van der Waals surface area contributed by atoms with Crippen molar-refractivity contribution in [2.45, 2.75) is 45.1 Å². The first-order chi connectivity index (χ1) is 16.5. The highest BCUT2D eigenvalue weighted by Gasteiger charge is 2.49. The first-order valence-corrected chi connectivity index (χ1v) is 12.2. The second kappa shape index (κ2) is 11.2. The van der Waals surface area contributed by atoms with E-state index in [-0.39, 0.29) is 11.4 Å². The lowest BCUT2D eigenvalue weighted by atomic mass is 9.94. The van der Waals surface area contributed by atoms with Crippen LogP contribution >= 0.6 is 0 Å². The van der Waals surface area contributed by atoms with Crippen LogP contribution in [0.15, 0.2) is 58.8 Å². The Bertz CT molecular complexity index is 1000. The maximum atomic E-state index is 13.6. The minimum atomic E-state index is -0.349. The summed E-state index contributed by atoms with van der Waals surface area (Å²) in [5, 5.41) is 0. The molecule has 0 aromatic heterocycles. The summed E-state index contributed by atoms with van der Waals surface area (Å²) in [4.78, 5) is 20.1. The monoisotopic (exact) mass is 464 g/mol. The molecule has 2 aliphatic heterocycles. The van der Waals surface area contributed by atoms with Gasteiger partial charge in [-0.15, -0.1) is 0 Å². The highest BCUT2D eigenvalue weighted by molar-refractivity contribution is 5.96. The Morgan fingerprint density at radius 3 is 2.76 bits per heavy atom. The van der Waals surface area contributed by atoms with E-state index in [1.165, 1.54) is 11.1 Å². The van der Waals surface area contributed by atoms with Gasteiger partial charge in [-0.1, -0.05) is 50.3 Å². The number of aryl methyl sites for hydroxylation is 1. The normalized spacial score (nSPS) is 19.7. The van der Waals surface area contributed by atoms with Gasteiger partial charge < -0.3 is 19.1 Å². The van der Waals surface area contributed by atoms with Crippen LogP contribution in [0.5, 0.6) is 5.75 Å². The van der Waals surface area contributed by atoms with Gasteiger partial charge in [0, 0.05) is 12.8 Å². The average molecular weight is 465 g/mol. The van der Waals surface area contributed by atoms with Crippen molar-refractivity contribution in [3.8, 4) is 5.75 Å². The zero-order valence-electron chi connectivity index (χ0n) is 20.6. The molecule has 2 heterocycles. The van der Waals surface area contributed by atoms with Crippen LogP contribution in [-0.4, -0.2) is 62.6 Å². The molecule has 1 amide bonds. The predicted octanol–water partition coefficient (Wildman–Crippen LogP) is 4.30. The van der Waals surface area contributed by atoms with E-state index in [1.807, 2.05) is 29.3 Å². The van der Waals surface area contributed by atoms with Gasteiger partial charge in [0.05, 0.1) is 33.5 Å². The summed E-state index contributed by atoms with van der Waals surface area (Å²) in [7, 11) is 1.73. The van der Waals surface area contributed by atoms with Gasteiger partial charge >= 0.3 is 0 Å². The minimum absolute atomic E-state index is 0.0423. The minimum Gasteiger partial charge on any atom is -0.496 e. The second-order valence-electron chi connectivity index (χ2n) is 9.73. The number of carbonyl (C=O) groups excluding carboxylic acids is 1. The number of aliphatic imine (C=N–C) groups is 1. The van der Waals surface area contributed by atoms with E-state index in [4.69, 9.17) is 14.2 Å². The summed E-state index contributed by atoms with van der Waals surface area (Å²) in [6.45, 7) is 7.09. The van der Waals surface area contributed by atoms with Gasteiger partial charge in [0.15, 0.2) is 0 Å². The Labute approximate surface area is 203 Å². The van der Waals surface area contributed by atoms with E-state index in [0.717, 1.165) is 37.0 Å². The topological polar surface area (TPSA) is 60.4 Å². The summed E-state index contributed by atoms with van der Waals surface area (Å²) in [6.07, 6.45) is 13.3. The van der Waals surface area contributed by atoms with Crippen LogP contribution in [0.3, 0.4) is 0 Å². The fourth-order valence-electron chi connectivity index (χ4n) is 4.60. The summed E-state index contributed by atoms with van der Waals surface area (Å²) in [6, 6.07) is 6.44. The Kier molecular flexibility index (Phi) is 8.01. The zero-order valence-corrected chi connectivity index (χ0v) is 20.6. The molecule has 1 aromatic rings. The maximum Gasteiger partial charge on any atom is 0.272 e. The van der Waals surface area contributed by atoms with E-state index >= 15 is 0 Å². The van der Waals surface area contributed by atoms with Crippen molar-refractivity contribution in [1.82, 2.24) is 4.90 Å². The lowest BCUT2D eigenvalue weighted by Crippen LogP contribution is -2.69. The average Bonchev–Trinajstić information content (AvgIpc) is 3.34. The molecule has 2 fully saturated rings. The van der Waals surface area contributed by atoms with E-state index in [9.17, 15) is 4.79 Å². The SMILES string of the molecule is COc1cc(CC/C=C(/N=CC2=CC=CC2)C(=O)N2CCOCC23COC3)ccc1CC(C)C. The quantitative estimate of drug-likeness (QED) is 0.404. The molecule has 1 spiro atoms. The van der Waals surface area contributed by atoms with E-state index in [1.54, 1.807) is 7.11 Å². The third-order valence-electron chi connectivity index (χ3n) is 6.53. The van der Waals surface area contributed by atoms with Gasteiger partial charge in [0.1, 0.15) is 17.0 Å². The molecule has 0 saturated carbocycles. The molecular formula is C28H36N2O4. The van der Waals surface area contributed by atoms with Crippen LogP contribution < -0.4 is 4.74 Å². The Morgan fingerprint density at radius 2 is 2.09 bits per heavy atom. The highest BCUT2D eigenvalue weighted by atomic mass is 16.5. The van der Waals surface area contributed by atoms with E-state index < -0.39 is 0 Å². The van der Waals surface area contributed by atoms with Crippen LogP contribution in [0.1, 0.15) is 37.8 Å². The molecule has 1 aromatic carbocycles. The molecule has 6 nitrogen and oxygen atoms in total.